The molecule has 24 heavy (non-hydrogen) atoms. The number of nitrogens with zero attached hydrogens (tertiary/aromatic N) is 3. The molecule has 5 nitrogen and oxygen atoms in total. The van der Waals surface area contributed by atoms with Crippen LogP contribution in [-0.2, 0) is 17.9 Å². The Kier molecular flexibility index (Phi) is 4.79. The van der Waals surface area contributed by atoms with E-state index in [1.165, 1.54) is 0 Å². The van der Waals surface area contributed by atoms with E-state index in [9.17, 15) is 4.79 Å². The van der Waals surface area contributed by atoms with Crippen LogP contribution in [0.3, 0.4) is 0 Å². The summed E-state index contributed by atoms with van der Waals surface area (Å²) >= 11 is 0. The maximum atomic E-state index is 12.7. The minimum Gasteiger partial charge on any atom is -0.464 e. The first-order chi connectivity index (χ1) is 11.7. The van der Waals surface area contributed by atoms with Gasteiger partial charge in [0.25, 0.3) is 0 Å². The zero-order valence-electron chi connectivity index (χ0n) is 14.0. The summed E-state index contributed by atoms with van der Waals surface area (Å²) in [4.78, 5) is 18.8. The molecular weight excluding hydrogens is 302 g/mol. The van der Waals surface area contributed by atoms with E-state index < -0.39 is 0 Å². The van der Waals surface area contributed by atoms with Gasteiger partial charge in [0.05, 0.1) is 6.54 Å². The molecule has 0 saturated heterocycles. The van der Waals surface area contributed by atoms with E-state index in [0.717, 1.165) is 22.9 Å². The Bertz CT molecular complexity index is 805. The molecule has 1 aromatic carbocycles. The van der Waals surface area contributed by atoms with Crippen molar-refractivity contribution in [3.63, 3.8) is 0 Å². The largest absolute Gasteiger partial charge is 0.464 e. The molecule has 0 bridgehead atoms. The van der Waals surface area contributed by atoms with E-state index in [4.69, 9.17) is 4.42 Å². The fraction of sp³-hybridized carbons (Fsp3) is 0.263. The first-order valence-corrected chi connectivity index (χ1v) is 8.07. The summed E-state index contributed by atoms with van der Waals surface area (Å²) in [7, 11) is 0. The summed E-state index contributed by atoms with van der Waals surface area (Å²) in [6, 6.07) is 13.7. The number of carbonyl (C=O) groups is 1. The van der Waals surface area contributed by atoms with E-state index in [1.807, 2.05) is 67.1 Å². The van der Waals surface area contributed by atoms with Crippen molar-refractivity contribution in [3.05, 3.63) is 66.4 Å². The fourth-order valence-electron chi connectivity index (χ4n) is 2.66. The topological polar surface area (TPSA) is 51.3 Å². The molecular formula is C19H21N3O2. The monoisotopic (exact) mass is 323 g/mol. The van der Waals surface area contributed by atoms with Crippen molar-refractivity contribution in [2.24, 2.45) is 0 Å². The second-order valence-electron chi connectivity index (χ2n) is 5.67. The van der Waals surface area contributed by atoms with Crippen molar-refractivity contribution in [2.45, 2.75) is 26.9 Å². The Hall–Kier alpha value is -2.82. The zero-order valence-corrected chi connectivity index (χ0v) is 14.0. The number of furan rings is 1. The normalized spacial score (nSPS) is 10.8. The summed E-state index contributed by atoms with van der Waals surface area (Å²) in [5, 5.41) is 0. The molecule has 5 heteroatoms. The van der Waals surface area contributed by atoms with Crippen LogP contribution in [0.5, 0.6) is 0 Å². The predicted molar refractivity (Wildman–Crippen MR) is 92.2 cm³/mol. The molecule has 2 heterocycles. The molecule has 3 rings (SSSR count). The van der Waals surface area contributed by atoms with Gasteiger partial charge in [0.15, 0.2) is 0 Å². The fourth-order valence-corrected chi connectivity index (χ4v) is 2.66. The van der Waals surface area contributed by atoms with Gasteiger partial charge in [-0.1, -0.05) is 30.3 Å². The molecule has 0 spiro atoms. The lowest BCUT2D eigenvalue weighted by atomic mass is 10.2. The van der Waals surface area contributed by atoms with Crippen LogP contribution in [0, 0.1) is 6.92 Å². The van der Waals surface area contributed by atoms with Crippen LogP contribution >= 0.6 is 0 Å². The molecule has 0 saturated carbocycles. The Balaban J connectivity index is 1.73. The average Bonchev–Trinajstić information content (AvgIpc) is 3.22. The third-order valence-electron chi connectivity index (χ3n) is 3.93. The van der Waals surface area contributed by atoms with Gasteiger partial charge in [-0.15, -0.1) is 0 Å². The molecule has 0 N–H and O–H groups in total. The lowest BCUT2D eigenvalue weighted by Gasteiger charge is -2.20. The highest BCUT2D eigenvalue weighted by molar-refractivity contribution is 5.76. The highest BCUT2D eigenvalue weighted by atomic mass is 16.3. The first kappa shape index (κ1) is 16.1. The SMILES string of the molecule is CCN(Cc1ccc(C)o1)C(=O)Cn1ccnc1-c1ccccc1. The maximum absolute atomic E-state index is 12.7. The number of hydrogen-bond donors (Lipinski definition) is 0. The number of rotatable bonds is 6. The molecule has 0 fully saturated rings. The van der Waals surface area contributed by atoms with Gasteiger partial charge < -0.3 is 13.9 Å². The molecule has 0 radical (unpaired) electrons. The number of carbonyl (C=O) groups excluding carboxylic acids is 1. The van der Waals surface area contributed by atoms with Crippen LogP contribution in [0.4, 0.5) is 0 Å². The van der Waals surface area contributed by atoms with Crippen LogP contribution in [0.1, 0.15) is 18.4 Å². The molecule has 0 unspecified atom stereocenters. The van der Waals surface area contributed by atoms with E-state index in [0.29, 0.717) is 13.1 Å². The predicted octanol–water partition coefficient (Wildman–Crippen LogP) is 3.50. The number of imidazole rings is 1. The average molecular weight is 323 g/mol. The number of benzene rings is 1. The highest BCUT2D eigenvalue weighted by Gasteiger charge is 2.16. The summed E-state index contributed by atoms with van der Waals surface area (Å²) in [6.07, 6.45) is 3.56. The van der Waals surface area contributed by atoms with E-state index in [-0.39, 0.29) is 12.5 Å². The third-order valence-corrected chi connectivity index (χ3v) is 3.93. The molecule has 1 amide bonds. The van der Waals surface area contributed by atoms with Gasteiger partial charge in [0, 0.05) is 24.5 Å². The van der Waals surface area contributed by atoms with Crippen LogP contribution in [-0.4, -0.2) is 26.9 Å². The van der Waals surface area contributed by atoms with Gasteiger partial charge in [-0.05, 0) is 26.0 Å². The lowest BCUT2D eigenvalue weighted by molar-refractivity contribution is -0.132. The van der Waals surface area contributed by atoms with Crippen LogP contribution in [0.25, 0.3) is 11.4 Å². The number of aromatic nitrogens is 2. The number of aryl methyl sites for hydroxylation is 1. The van der Waals surface area contributed by atoms with Crippen LogP contribution < -0.4 is 0 Å². The first-order valence-electron chi connectivity index (χ1n) is 8.07. The summed E-state index contributed by atoms with van der Waals surface area (Å²) in [6.45, 7) is 5.25. The minimum absolute atomic E-state index is 0.0433. The van der Waals surface area contributed by atoms with Crippen molar-refractivity contribution in [1.29, 1.82) is 0 Å². The number of hydrogen-bond acceptors (Lipinski definition) is 3. The van der Waals surface area contributed by atoms with Crippen molar-refractivity contribution in [3.8, 4) is 11.4 Å². The van der Waals surface area contributed by atoms with Gasteiger partial charge in [0.1, 0.15) is 23.9 Å². The van der Waals surface area contributed by atoms with Crippen molar-refractivity contribution in [1.82, 2.24) is 14.5 Å². The summed E-state index contributed by atoms with van der Waals surface area (Å²) in [5.74, 6) is 2.50. The van der Waals surface area contributed by atoms with Crippen molar-refractivity contribution < 1.29 is 9.21 Å². The molecule has 0 atom stereocenters. The van der Waals surface area contributed by atoms with E-state index in [2.05, 4.69) is 4.98 Å². The second kappa shape index (κ2) is 7.17. The second-order valence-corrected chi connectivity index (χ2v) is 5.67. The van der Waals surface area contributed by atoms with Gasteiger partial charge >= 0.3 is 0 Å². The van der Waals surface area contributed by atoms with Crippen molar-refractivity contribution >= 4 is 5.91 Å². The quantitative estimate of drug-likeness (QED) is 0.697. The summed E-state index contributed by atoms with van der Waals surface area (Å²) < 4.78 is 7.46. The van der Waals surface area contributed by atoms with E-state index >= 15 is 0 Å². The molecule has 0 aliphatic rings. The molecule has 3 aromatic rings. The van der Waals surface area contributed by atoms with Crippen molar-refractivity contribution in [2.75, 3.05) is 6.54 Å². The van der Waals surface area contributed by atoms with Crippen LogP contribution in [0.2, 0.25) is 0 Å². The van der Waals surface area contributed by atoms with Crippen LogP contribution in [0.15, 0.2) is 59.3 Å². The van der Waals surface area contributed by atoms with Gasteiger partial charge in [-0.3, -0.25) is 4.79 Å². The van der Waals surface area contributed by atoms with E-state index in [1.54, 1.807) is 11.1 Å². The molecule has 0 aliphatic heterocycles. The Morgan fingerprint density at radius 3 is 2.67 bits per heavy atom. The number of amides is 1. The maximum Gasteiger partial charge on any atom is 0.242 e. The smallest absolute Gasteiger partial charge is 0.242 e. The number of likely N-dealkylation sites (N-methyl/N-ethyl adjacent to an activating group) is 1. The zero-order chi connectivity index (χ0) is 16.9. The Morgan fingerprint density at radius 2 is 2.00 bits per heavy atom. The molecule has 124 valence electrons. The van der Waals surface area contributed by atoms with Gasteiger partial charge in [-0.2, -0.15) is 0 Å². The lowest BCUT2D eigenvalue weighted by Crippen LogP contribution is -2.33. The highest BCUT2D eigenvalue weighted by Crippen LogP contribution is 2.17. The Labute approximate surface area is 141 Å². The van der Waals surface area contributed by atoms with Gasteiger partial charge in [0.2, 0.25) is 5.91 Å². The molecule has 0 aliphatic carbocycles. The summed E-state index contributed by atoms with van der Waals surface area (Å²) in [5.41, 5.74) is 1.00. The minimum atomic E-state index is 0.0433. The third kappa shape index (κ3) is 3.56. The molecule has 2 aromatic heterocycles. The van der Waals surface area contributed by atoms with Gasteiger partial charge in [-0.25, -0.2) is 4.98 Å². The standard InChI is InChI=1S/C19H21N3O2/c1-3-21(13-17-10-9-15(2)24-17)18(23)14-22-12-11-20-19(22)16-7-5-4-6-8-16/h4-12H,3,13-14H2,1-2H3. The Morgan fingerprint density at radius 1 is 1.21 bits per heavy atom.